The topological polar surface area (TPSA) is 68.2 Å². The monoisotopic (exact) mass is 194 g/mol. The number of hydrogen-bond acceptors (Lipinski definition) is 2. The number of carboxylic acids is 1. The second-order valence-electron chi connectivity index (χ2n) is 4.06. The van der Waals surface area contributed by atoms with E-state index in [4.69, 9.17) is 5.73 Å². The van der Waals surface area contributed by atoms with Gasteiger partial charge in [-0.15, -0.1) is 0 Å². The molecule has 3 N–H and O–H groups in total. The highest BCUT2D eigenvalue weighted by Crippen LogP contribution is 2.43. The third kappa shape index (κ3) is 1.07. The van der Waals surface area contributed by atoms with Crippen LogP contribution in [0.3, 0.4) is 0 Å². The van der Waals surface area contributed by atoms with Crippen molar-refractivity contribution in [2.75, 3.05) is 0 Å². The Labute approximate surface area is 82.3 Å². The molecule has 0 amide bonds. The van der Waals surface area contributed by atoms with Crippen molar-refractivity contribution in [3.8, 4) is 0 Å². The molecule has 1 aliphatic rings. The number of hydrogen-bond donors (Lipinski definition) is 2. The summed E-state index contributed by atoms with van der Waals surface area (Å²) >= 11 is 0. The van der Waals surface area contributed by atoms with Gasteiger partial charge in [-0.3, -0.25) is 4.79 Å². The lowest BCUT2D eigenvalue weighted by molar-refractivity contribution is -0.148. The van der Waals surface area contributed by atoms with Crippen LogP contribution in [-0.4, -0.2) is 21.7 Å². The van der Waals surface area contributed by atoms with Gasteiger partial charge in [0.2, 0.25) is 0 Å². The van der Waals surface area contributed by atoms with Crippen LogP contribution >= 0.6 is 0 Å². The van der Waals surface area contributed by atoms with Gasteiger partial charge in [-0.2, -0.15) is 0 Å². The van der Waals surface area contributed by atoms with E-state index in [1.165, 1.54) is 0 Å². The molecule has 1 aromatic rings. The SMILES string of the molecule is Cn1cccc1C1(C(=O)O)CC(N)C1. The fourth-order valence-corrected chi connectivity index (χ4v) is 2.29. The van der Waals surface area contributed by atoms with E-state index in [0.717, 1.165) is 5.69 Å². The number of aryl methyl sites for hydroxylation is 1. The zero-order valence-electron chi connectivity index (χ0n) is 8.10. The number of carbonyl (C=O) groups is 1. The summed E-state index contributed by atoms with van der Waals surface area (Å²) in [5, 5.41) is 9.23. The van der Waals surface area contributed by atoms with Crippen molar-refractivity contribution in [1.82, 2.24) is 4.57 Å². The average molecular weight is 194 g/mol. The fraction of sp³-hybridized carbons (Fsp3) is 0.500. The van der Waals surface area contributed by atoms with Crippen LogP contribution in [-0.2, 0) is 17.3 Å². The Hall–Kier alpha value is -1.29. The van der Waals surface area contributed by atoms with E-state index in [1.54, 1.807) is 0 Å². The van der Waals surface area contributed by atoms with E-state index in [2.05, 4.69) is 0 Å². The normalized spacial score (nSPS) is 31.1. The Morgan fingerprint density at radius 2 is 2.36 bits per heavy atom. The predicted octanol–water partition coefficient (Wildman–Crippen LogP) is 0.469. The zero-order chi connectivity index (χ0) is 10.3. The maximum Gasteiger partial charge on any atom is 0.315 e. The second kappa shape index (κ2) is 2.85. The molecule has 1 aliphatic carbocycles. The van der Waals surface area contributed by atoms with E-state index in [-0.39, 0.29) is 6.04 Å². The smallest absolute Gasteiger partial charge is 0.315 e. The van der Waals surface area contributed by atoms with Gasteiger partial charge in [-0.05, 0) is 25.0 Å². The molecule has 0 saturated heterocycles. The maximum atomic E-state index is 11.2. The summed E-state index contributed by atoms with van der Waals surface area (Å²) in [6.45, 7) is 0. The summed E-state index contributed by atoms with van der Waals surface area (Å²) in [7, 11) is 1.86. The standard InChI is InChI=1S/C10H14N2O2/c1-12-4-2-3-8(12)10(9(13)14)5-7(11)6-10/h2-4,7H,5-6,11H2,1H3,(H,13,14). The van der Waals surface area contributed by atoms with Gasteiger partial charge in [0.1, 0.15) is 5.41 Å². The van der Waals surface area contributed by atoms with Crippen LogP contribution in [0, 0.1) is 0 Å². The molecule has 1 aromatic heterocycles. The number of nitrogens with zero attached hydrogens (tertiary/aromatic N) is 1. The molecule has 0 aromatic carbocycles. The van der Waals surface area contributed by atoms with Crippen LogP contribution in [0.25, 0.3) is 0 Å². The number of rotatable bonds is 2. The molecule has 0 spiro atoms. The molecule has 1 saturated carbocycles. The largest absolute Gasteiger partial charge is 0.481 e. The summed E-state index contributed by atoms with van der Waals surface area (Å²) in [6, 6.07) is 3.75. The Balaban J connectivity index is 2.39. The number of aliphatic carboxylic acids is 1. The summed E-state index contributed by atoms with van der Waals surface area (Å²) in [5.74, 6) is -0.763. The highest BCUT2D eigenvalue weighted by Gasteiger charge is 2.51. The van der Waals surface area contributed by atoms with Crippen LogP contribution in [0.5, 0.6) is 0 Å². The molecule has 0 radical (unpaired) electrons. The molecular formula is C10H14N2O2. The van der Waals surface area contributed by atoms with E-state index in [9.17, 15) is 9.90 Å². The average Bonchev–Trinajstić information content (AvgIpc) is 2.45. The van der Waals surface area contributed by atoms with Gasteiger partial charge in [0.25, 0.3) is 0 Å². The Morgan fingerprint density at radius 1 is 1.71 bits per heavy atom. The molecule has 0 atom stereocenters. The minimum absolute atomic E-state index is 0.0287. The van der Waals surface area contributed by atoms with Crippen molar-refractivity contribution < 1.29 is 9.90 Å². The molecule has 0 unspecified atom stereocenters. The Kier molecular flexibility index (Phi) is 1.89. The fourth-order valence-electron chi connectivity index (χ4n) is 2.29. The molecule has 2 rings (SSSR count). The zero-order valence-corrected chi connectivity index (χ0v) is 8.10. The van der Waals surface area contributed by atoms with Gasteiger partial charge in [0, 0.05) is 25.0 Å². The Bertz CT molecular complexity index is 364. The van der Waals surface area contributed by atoms with Crippen LogP contribution in [0.1, 0.15) is 18.5 Å². The molecule has 1 fully saturated rings. The van der Waals surface area contributed by atoms with Crippen molar-refractivity contribution >= 4 is 5.97 Å². The number of aromatic nitrogens is 1. The lowest BCUT2D eigenvalue weighted by Crippen LogP contribution is -2.54. The van der Waals surface area contributed by atoms with Crippen molar-refractivity contribution in [1.29, 1.82) is 0 Å². The summed E-state index contributed by atoms with van der Waals surface area (Å²) < 4.78 is 1.86. The molecule has 14 heavy (non-hydrogen) atoms. The first kappa shape index (κ1) is 9.27. The van der Waals surface area contributed by atoms with Gasteiger partial charge in [-0.1, -0.05) is 0 Å². The molecule has 4 nitrogen and oxygen atoms in total. The highest BCUT2D eigenvalue weighted by atomic mass is 16.4. The molecule has 0 aliphatic heterocycles. The third-order valence-corrected chi connectivity index (χ3v) is 3.06. The molecule has 76 valence electrons. The first-order chi connectivity index (χ1) is 6.56. The van der Waals surface area contributed by atoms with Gasteiger partial charge >= 0.3 is 5.97 Å². The van der Waals surface area contributed by atoms with E-state index in [1.807, 2.05) is 29.9 Å². The van der Waals surface area contributed by atoms with Crippen molar-refractivity contribution in [3.63, 3.8) is 0 Å². The first-order valence-electron chi connectivity index (χ1n) is 4.67. The number of nitrogens with two attached hydrogens (primary N) is 1. The van der Waals surface area contributed by atoms with Crippen LogP contribution in [0.15, 0.2) is 18.3 Å². The third-order valence-electron chi connectivity index (χ3n) is 3.06. The minimum Gasteiger partial charge on any atom is -0.481 e. The summed E-state index contributed by atoms with van der Waals surface area (Å²) in [4.78, 5) is 11.2. The lowest BCUT2D eigenvalue weighted by atomic mass is 9.63. The predicted molar refractivity (Wildman–Crippen MR) is 51.9 cm³/mol. The van der Waals surface area contributed by atoms with E-state index in [0.29, 0.717) is 12.8 Å². The van der Waals surface area contributed by atoms with Gasteiger partial charge in [-0.25, -0.2) is 0 Å². The minimum atomic E-state index is -0.763. The maximum absolute atomic E-state index is 11.2. The van der Waals surface area contributed by atoms with E-state index >= 15 is 0 Å². The van der Waals surface area contributed by atoms with E-state index < -0.39 is 11.4 Å². The van der Waals surface area contributed by atoms with Crippen LogP contribution < -0.4 is 5.73 Å². The number of carboxylic acid groups (broad SMARTS) is 1. The van der Waals surface area contributed by atoms with Crippen molar-refractivity contribution in [3.05, 3.63) is 24.0 Å². The van der Waals surface area contributed by atoms with Gasteiger partial charge in [0.05, 0.1) is 0 Å². The quantitative estimate of drug-likeness (QED) is 0.719. The second-order valence-corrected chi connectivity index (χ2v) is 4.06. The van der Waals surface area contributed by atoms with Crippen LogP contribution in [0.4, 0.5) is 0 Å². The molecular weight excluding hydrogens is 180 g/mol. The first-order valence-corrected chi connectivity index (χ1v) is 4.67. The van der Waals surface area contributed by atoms with Crippen molar-refractivity contribution in [2.24, 2.45) is 12.8 Å². The van der Waals surface area contributed by atoms with Crippen LogP contribution in [0.2, 0.25) is 0 Å². The summed E-state index contributed by atoms with van der Waals surface area (Å²) in [6.07, 6.45) is 2.95. The molecule has 4 heteroatoms. The van der Waals surface area contributed by atoms with Crippen molar-refractivity contribution in [2.45, 2.75) is 24.3 Å². The van der Waals surface area contributed by atoms with Gasteiger partial charge in [0.15, 0.2) is 0 Å². The summed E-state index contributed by atoms with van der Waals surface area (Å²) in [5.41, 5.74) is 5.79. The van der Waals surface area contributed by atoms with Gasteiger partial charge < -0.3 is 15.4 Å². The molecule has 1 heterocycles. The molecule has 0 bridgehead atoms. The Morgan fingerprint density at radius 3 is 2.71 bits per heavy atom. The lowest BCUT2D eigenvalue weighted by Gasteiger charge is -2.42. The highest BCUT2D eigenvalue weighted by molar-refractivity contribution is 5.82.